The molecule has 0 unspecified atom stereocenters. The molecule has 0 aromatic heterocycles. The fourth-order valence-electron chi connectivity index (χ4n) is 4.22. The Morgan fingerprint density at radius 1 is 1.06 bits per heavy atom. The summed E-state index contributed by atoms with van der Waals surface area (Å²) in [6.07, 6.45) is -0.544. The first-order valence-electron chi connectivity index (χ1n) is 11.8. The Bertz CT molecular complexity index is 965. The molecule has 0 radical (unpaired) electrons. The van der Waals surface area contributed by atoms with Gasteiger partial charge in [0.15, 0.2) is 17.8 Å². The van der Waals surface area contributed by atoms with Crippen molar-refractivity contribution in [2.45, 2.75) is 6.29 Å². The number of carbonyl (C=O) groups excluding carboxylic acids is 1. The van der Waals surface area contributed by atoms with Crippen LogP contribution in [0, 0.1) is 5.82 Å². The maximum atomic E-state index is 13.2. The van der Waals surface area contributed by atoms with Crippen LogP contribution in [-0.2, 0) is 9.47 Å². The maximum absolute atomic E-state index is 13.2. The van der Waals surface area contributed by atoms with E-state index in [0.29, 0.717) is 32.0 Å². The highest BCUT2D eigenvalue weighted by atomic mass is 19.1. The molecule has 2 amide bonds. The average Bonchev–Trinajstić information content (AvgIpc) is 2.90. The van der Waals surface area contributed by atoms with Crippen LogP contribution in [0.3, 0.4) is 0 Å². The van der Waals surface area contributed by atoms with E-state index in [0.717, 1.165) is 43.4 Å². The van der Waals surface area contributed by atoms with Crippen LogP contribution in [0.4, 0.5) is 20.6 Å². The van der Waals surface area contributed by atoms with Gasteiger partial charge >= 0.3 is 6.03 Å². The lowest BCUT2D eigenvalue weighted by Crippen LogP contribution is -2.50. The summed E-state index contributed by atoms with van der Waals surface area (Å²) in [5.41, 5.74) is 1.59. The Balaban J connectivity index is 1.33. The predicted octanol–water partition coefficient (Wildman–Crippen LogP) is 2.87. The van der Waals surface area contributed by atoms with Crippen LogP contribution >= 0.6 is 0 Å². The highest BCUT2D eigenvalue weighted by Gasteiger charge is 2.25. The lowest BCUT2D eigenvalue weighted by atomic mass is 10.2. The molecular formula is C25H33FN4O5. The number of benzene rings is 2. The summed E-state index contributed by atoms with van der Waals surface area (Å²) in [7, 11) is 3.08. The van der Waals surface area contributed by atoms with Gasteiger partial charge in [-0.3, -0.25) is 4.90 Å². The average molecular weight is 489 g/mol. The van der Waals surface area contributed by atoms with Gasteiger partial charge in [-0.15, -0.1) is 0 Å². The van der Waals surface area contributed by atoms with Crippen molar-refractivity contribution in [3.8, 4) is 11.5 Å². The molecule has 2 aromatic rings. The topological polar surface area (TPSA) is 75.7 Å². The molecule has 190 valence electrons. The van der Waals surface area contributed by atoms with Crippen LogP contribution in [0.15, 0.2) is 42.5 Å². The molecule has 2 aliphatic rings. The Morgan fingerprint density at radius 3 is 2.49 bits per heavy atom. The minimum Gasteiger partial charge on any atom is -0.486 e. The number of halogens is 1. The molecule has 0 aliphatic carbocycles. The Labute approximate surface area is 205 Å². The monoisotopic (exact) mass is 488 g/mol. The van der Waals surface area contributed by atoms with Gasteiger partial charge in [0.05, 0.1) is 12.2 Å². The second-order valence-electron chi connectivity index (χ2n) is 8.41. The zero-order valence-corrected chi connectivity index (χ0v) is 20.2. The van der Waals surface area contributed by atoms with Gasteiger partial charge in [0.2, 0.25) is 0 Å². The van der Waals surface area contributed by atoms with Crippen molar-refractivity contribution in [3.05, 3.63) is 48.3 Å². The van der Waals surface area contributed by atoms with Crippen LogP contribution in [0.1, 0.15) is 0 Å². The first-order chi connectivity index (χ1) is 17.1. The van der Waals surface area contributed by atoms with E-state index in [1.54, 1.807) is 19.1 Å². The number of carbonyl (C=O) groups is 1. The van der Waals surface area contributed by atoms with E-state index < -0.39 is 6.29 Å². The Morgan fingerprint density at radius 2 is 1.77 bits per heavy atom. The van der Waals surface area contributed by atoms with E-state index in [1.165, 1.54) is 24.3 Å². The van der Waals surface area contributed by atoms with Gasteiger partial charge < -0.3 is 34.1 Å². The normalized spacial score (nSPS) is 15.8. The van der Waals surface area contributed by atoms with Crippen molar-refractivity contribution in [3.63, 3.8) is 0 Å². The van der Waals surface area contributed by atoms with E-state index in [1.807, 2.05) is 12.1 Å². The Kier molecular flexibility index (Phi) is 8.62. The van der Waals surface area contributed by atoms with E-state index in [4.69, 9.17) is 18.9 Å². The van der Waals surface area contributed by atoms with Crippen LogP contribution in [0.25, 0.3) is 0 Å². The molecule has 10 heteroatoms. The van der Waals surface area contributed by atoms with Crippen LogP contribution in [0.5, 0.6) is 11.5 Å². The molecule has 2 aliphatic heterocycles. The first-order valence-corrected chi connectivity index (χ1v) is 11.8. The molecule has 9 nitrogen and oxygen atoms in total. The third-order valence-corrected chi connectivity index (χ3v) is 6.22. The number of piperazine rings is 1. The zero-order chi connectivity index (χ0) is 24.6. The fraction of sp³-hybridized carbons (Fsp3) is 0.480. The van der Waals surface area contributed by atoms with Crippen LogP contribution in [0.2, 0.25) is 0 Å². The van der Waals surface area contributed by atoms with Gasteiger partial charge in [0.1, 0.15) is 19.0 Å². The van der Waals surface area contributed by atoms with Crippen molar-refractivity contribution < 1.29 is 28.1 Å². The third-order valence-electron chi connectivity index (χ3n) is 6.22. The third kappa shape index (κ3) is 6.53. The van der Waals surface area contributed by atoms with Gasteiger partial charge in [-0.05, 0) is 36.4 Å². The van der Waals surface area contributed by atoms with Gasteiger partial charge in [-0.25, -0.2) is 9.18 Å². The van der Waals surface area contributed by atoms with Gasteiger partial charge in [0.25, 0.3) is 0 Å². The minimum absolute atomic E-state index is 0.271. The number of urea groups is 1. The summed E-state index contributed by atoms with van der Waals surface area (Å²) in [4.78, 5) is 19.3. The molecule has 2 aromatic carbocycles. The number of rotatable bonds is 9. The SMILES string of the molecule is COC(CN(CCN1CCN(c2cccc3c2OCCO3)CC1)C(=O)Nc1ccc(F)cc1)OC. The van der Waals surface area contributed by atoms with E-state index >= 15 is 0 Å². The van der Waals surface area contributed by atoms with Crippen molar-refractivity contribution in [1.29, 1.82) is 0 Å². The second kappa shape index (κ2) is 12.1. The zero-order valence-electron chi connectivity index (χ0n) is 20.2. The standard InChI is InChI=1S/C25H33FN4O5/c1-32-23(33-2)18-30(25(31)27-20-8-6-19(26)7-9-20)15-12-28-10-13-29(14-11-28)21-4-3-5-22-24(21)35-17-16-34-22/h3-9,23H,10-18H2,1-2H3,(H,27,31). The highest BCUT2D eigenvalue weighted by molar-refractivity contribution is 5.89. The summed E-state index contributed by atoms with van der Waals surface area (Å²) >= 11 is 0. The molecule has 35 heavy (non-hydrogen) atoms. The predicted molar refractivity (Wildman–Crippen MR) is 131 cm³/mol. The molecular weight excluding hydrogens is 455 g/mol. The summed E-state index contributed by atoms with van der Waals surface area (Å²) in [6.45, 7) is 6.01. The largest absolute Gasteiger partial charge is 0.486 e. The van der Waals surface area contributed by atoms with E-state index in [-0.39, 0.29) is 18.4 Å². The number of nitrogens with one attached hydrogen (secondary N) is 1. The minimum atomic E-state index is -0.544. The van der Waals surface area contributed by atoms with Crippen molar-refractivity contribution >= 4 is 17.4 Å². The molecule has 1 N–H and O–H groups in total. The number of fused-ring (bicyclic) bond motifs is 1. The summed E-state index contributed by atoms with van der Waals surface area (Å²) < 4.78 is 35.4. The van der Waals surface area contributed by atoms with Gasteiger partial charge in [0, 0.05) is 59.2 Å². The second-order valence-corrected chi connectivity index (χ2v) is 8.41. The molecule has 2 heterocycles. The smallest absolute Gasteiger partial charge is 0.322 e. The Hall–Kier alpha value is -3.08. The first kappa shape index (κ1) is 25.0. The van der Waals surface area contributed by atoms with Crippen molar-refractivity contribution in [2.24, 2.45) is 0 Å². The van der Waals surface area contributed by atoms with Crippen molar-refractivity contribution in [1.82, 2.24) is 9.80 Å². The molecule has 1 saturated heterocycles. The van der Waals surface area contributed by atoms with E-state index in [9.17, 15) is 9.18 Å². The number of para-hydroxylation sites is 1. The number of anilines is 2. The summed E-state index contributed by atoms with van der Waals surface area (Å²) in [5.74, 6) is 1.26. The molecule has 0 atom stereocenters. The molecule has 0 spiro atoms. The highest BCUT2D eigenvalue weighted by Crippen LogP contribution is 2.39. The molecule has 0 bridgehead atoms. The summed E-state index contributed by atoms with van der Waals surface area (Å²) in [5, 5.41) is 2.82. The molecule has 4 rings (SSSR count). The van der Waals surface area contributed by atoms with Gasteiger partial charge in [-0.2, -0.15) is 0 Å². The number of ether oxygens (including phenoxy) is 4. The van der Waals surface area contributed by atoms with Crippen LogP contribution < -0.4 is 19.7 Å². The molecule has 0 saturated carbocycles. The number of nitrogens with zero attached hydrogens (tertiary/aromatic N) is 3. The van der Waals surface area contributed by atoms with Gasteiger partial charge in [-0.1, -0.05) is 6.07 Å². The summed E-state index contributed by atoms with van der Waals surface area (Å²) in [6, 6.07) is 11.4. The lowest BCUT2D eigenvalue weighted by molar-refractivity contribution is -0.111. The number of hydrogen-bond donors (Lipinski definition) is 1. The quantitative estimate of drug-likeness (QED) is 0.544. The molecule has 1 fully saturated rings. The fourth-order valence-corrected chi connectivity index (χ4v) is 4.22. The van der Waals surface area contributed by atoms with Crippen LogP contribution in [-0.4, -0.2) is 95.4 Å². The number of methoxy groups -OCH3 is 2. The lowest BCUT2D eigenvalue weighted by Gasteiger charge is -2.38. The maximum Gasteiger partial charge on any atom is 0.322 e. The number of amides is 2. The van der Waals surface area contributed by atoms with Crippen molar-refractivity contribution in [2.75, 3.05) is 83.5 Å². The number of hydrogen-bond acceptors (Lipinski definition) is 7. The van der Waals surface area contributed by atoms with E-state index in [2.05, 4.69) is 21.2 Å².